The van der Waals surface area contributed by atoms with E-state index in [1.807, 2.05) is 0 Å². The van der Waals surface area contributed by atoms with Gasteiger partial charge in [-0.15, -0.1) is 0 Å². The quantitative estimate of drug-likeness (QED) is 0.461. The Balaban J connectivity index is 2.97. The van der Waals surface area contributed by atoms with E-state index < -0.39 is 0 Å². The Kier molecular flexibility index (Phi) is 7.65. The molecule has 0 heterocycles. The van der Waals surface area contributed by atoms with Crippen molar-refractivity contribution in [1.29, 1.82) is 0 Å². The van der Waals surface area contributed by atoms with Crippen molar-refractivity contribution in [3.63, 3.8) is 0 Å². The lowest BCUT2D eigenvalue weighted by Gasteiger charge is -2.14. The van der Waals surface area contributed by atoms with Gasteiger partial charge in [-0.1, -0.05) is 6.92 Å². The molecule has 0 atom stereocenters. The van der Waals surface area contributed by atoms with Crippen LogP contribution in [0.5, 0.6) is 0 Å². The number of rotatable bonds is 6. The van der Waals surface area contributed by atoms with E-state index in [9.17, 15) is 0 Å². The summed E-state index contributed by atoms with van der Waals surface area (Å²) >= 11 is 4.16. The molecule has 0 N–H and O–H groups in total. The maximum absolute atomic E-state index is 4.16. The molecule has 0 aromatic heterocycles. The summed E-state index contributed by atoms with van der Waals surface area (Å²) < 4.78 is 0. The Morgan fingerprint density at radius 3 is 2.40 bits per heavy atom. The Bertz CT molecular complexity index is 66.3. The third kappa shape index (κ3) is 6.43. The SMILES string of the molecule is CCCN(C)CCCCS. The van der Waals surface area contributed by atoms with Crippen LogP contribution in [0.3, 0.4) is 0 Å². The molecule has 0 saturated carbocycles. The van der Waals surface area contributed by atoms with Crippen molar-refractivity contribution in [1.82, 2.24) is 4.90 Å². The highest BCUT2D eigenvalue weighted by Gasteiger charge is 1.93. The van der Waals surface area contributed by atoms with Gasteiger partial charge in [-0.05, 0) is 45.2 Å². The van der Waals surface area contributed by atoms with Gasteiger partial charge in [0.2, 0.25) is 0 Å². The summed E-state index contributed by atoms with van der Waals surface area (Å²) in [4.78, 5) is 2.38. The van der Waals surface area contributed by atoms with Gasteiger partial charge in [0.1, 0.15) is 0 Å². The average molecular weight is 161 g/mol. The van der Waals surface area contributed by atoms with E-state index in [2.05, 4.69) is 31.5 Å². The van der Waals surface area contributed by atoms with E-state index in [4.69, 9.17) is 0 Å². The predicted molar refractivity (Wildman–Crippen MR) is 50.9 cm³/mol. The predicted octanol–water partition coefficient (Wildman–Crippen LogP) is 2.04. The Morgan fingerprint density at radius 1 is 1.20 bits per heavy atom. The van der Waals surface area contributed by atoms with Crippen molar-refractivity contribution >= 4 is 12.6 Å². The van der Waals surface area contributed by atoms with Gasteiger partial charge in [-0.3, -0.25) is 0 Å². The zero-order valence-electron chi connectivity index (χ0n) is 7.14. The van der Waals surface area contributed by atoms with E-state index in [1.165, 1.54) is 32.4 Å². The van der Waals surface area contributed by atoms with Gasteiger partial charge < -0.3 is 4.90 Å². The molecular formula is C8H19NS. The Hall–Kier alpha value is 0.310. The molecule has 0 aliphatic rings. The summed E-state index contributed by atoms with van der Waals surface area (Å²) in [6, 6.07) is 0. The zero-order valence-corrected chi connectivity index (χ0v) is 8.03. The van der Waals surface area contributed by atoms with Crippen LogP contribution >= 0.6 is 12.6 Å². The number of nitrogens with zero attached hydrogens (tertiary/aromatic N) is 1. The lowest BCUT2D eigenvalue weighted by molar-refractivity contribution is 0.329. The standard InChI is InChI=1S/C8H19NS/c1-3-6-9(2)7-4-5-8-10/h10H,3-8H2,1-2H3. The van der Waals surface area contributed by atoms with Crippen molar-refractivity contribution in [3.05, 3.63) is 0 Å². The summed E-state index contributed by atoms with van der Waals surface area (Å²) in [5, 5.41) is 0. The number of hydrogen-bond acceptors (Lipinski definition) is 2. The van der Waals surface area contributed by atoms with Crippen molar-refractivity contribution in [2.24, 2.45) is 0 Å². The lowest BCUT2D eigenvalue weighted by atomic mass is 10.3. The fraction of sp³-hybridized carbons (Fsp3) is 1.00. The summed E-state index contributed by atoms with van der Waals surface area (Å²) in [5.41, 5.74) is 0. The van der Waals surface area contributed by atoms with E-state index in [0.717, 1.165) is 5.75 Å². The molecule has 1 nitrogen and oxygen atoms in total. The lowest BCUT2D eigenvalue weighted by Crippen LogP contribution is -2.20. The van der Waals surface area contributed by atoms with Gasteiger partial charge in [0.05, 0.1) is 0 Å². The van der Waals surface area contributed by atoms with E-state index in [1.54, 1.807) is 0 Å². The third-order valence-electron chi connectivity index (χ3n) is 1.55. The van der Waals surface area contributed by atoms with Gasteiger partial charge in [0, 0.05) is 0 Å². The highest BCUT2D eigenvalue weighted by atomic mass is 32.1. The van der Waals surface area contributed by atoms with Crippen molar-refractivity contribution in [2.45, 2.75) is 26.2 Å². The maximum atomic E-state index is 4.16. The summed E-state index contributed by atoms with van der Waals surface area (Å²) in [6.07, 6.45) is 3.80. The second-order valence-corrected chi connectivity index (χ2v) is 3.18. The number of thiol groups is 1. The summed E-state index contributed by atoms with van der Waals surface area (Å²) in [5.74, 6) is 1.03. The molecule has 0 radical (unpaired) electrons. The van der Waals surface area contributed by atoms with Crippen molar-refractivity contribution in [3.8, 4) is 0 Å². The van der Waals surface area contributed by atoms with Crippen LogP contribution in [-0.2, 0) is 0 Å². The van der Waals surface area contributed by atoms with E-state index in [0.29, 0.717) is 0 Å². The van der Waals surface area contributed by atoms with Crippen LogP contribution in [0.25, 0.3) is 0 Å². The van der Waals surface area contributed by atoms with Gasteiger partial charge in [-0.25, -0.2) is 0 Å². The molecule has 0 aliphatic carbocycles. The molecule has 62 valence electrons. The monoisotopic (exact) mass is 161 g/mol. The first kappa shape index (κ1) is 10.3. The Labute approximate surface area is 70.2 Å². The molecule has 2 heteroatoms. The average Bonchev–Trinajstić information content (AvgIpc) is 1.89. The molecular weight excluding hydrogens is 142 g/mol. The molecule has 0 aliphatic heterocycles. The second-order valence-electron chi connectivity index (χ2n) is 2.73. The molecule has 10 heavy (non-hydrogen) atoms. The van der Waals surface area contributed by atoms with Crippen LogP contribution < -0.4 is 0 Å². The molecule has 0 spiro atoms. The highest BCUT2D eigenvalue weighted by Crippen LogP contribution is 1.94. The molecule has 0 saturated heterocycles. The van der Waals surface area contributed by atoms with Gasteiger partial charge in [0.15, 0.2) is 0 Å². The van der Waals surface area contributed by atoms with Crippen LogP contribution in [-0.4, -0.2) is 30.8 Å². The van der Waals surface area contributed by atoms with E-state index in [-0.39, 0.29) is 0 Å². The largest absolute Gasteiger partial charge is 0.306 e. The normalized spacial score (nSPS) is 10.8. The molecule has 0 bridgehead atoms. The number of unbranched alkanes of at least 4 members (excludes halogenated alkanes) is 1. The van der Waals surface area contributed by atoms with Crippen LogP contribution in [0, 0.1) is 0 Å². The Morgan fingerprint density at radius 2 is 1.90 bits per heavy atom. The first-order chi connectivity index (χ1) is 4.81. The van der Waals surface area contributed by atoms with Crippen LogP contribution in [0.1, 0.15) is 26.2 Å². The highest BCUT2D eigenvalue weighted by molar-refractivity contribution is 7.80. The van der Waals surface area contributed by atoms with Gasteiger partial charge in [-0.2, -0.15) is 12.6 Å². The molecule has 0 aromatic rings. The summed E-state index contributed by atoms with van der Waals surface area (Å²) in [6.45, 7) is 4.68. The fourth-order valence-electron chi connectivity index (χ4n) is 0.987. The topological polar surface area (TPSA) is 3.24 Å². The van der Waals surface area contributed by atoms with Crippen LogP contribution in [0.2, 0.25) is 0 Å². The van der Waals surface area contributed by atoms with Gasteiger partial charge >= 0.3 is 0 Å². The molecule has 0 rings (SSSR count). The van der Waals surface area contributed by atoms with Gasteiger partial charge in [0.25, 0.3) is 0 Å². The van der Waals surface area contributed by atoms with Crippen molar-refractivity contribution < 1.29 is 0 Å². The first-order valence-electron chi connectivity index (χ1n) is 4.10. The molecule has 0 unspecified atom stereocenters. The van der Waals surface area contributed by atoms with Crippen LogP contribution in [0.4, 0.5) is 0 Å². The minimum Gasteiger partial charge on any atom is -0.306 e. The zero-order chi connectivity index (χ0) is 7.82. The second kappa shape index (κ2) is 7.42. The maximum Gasteiger partial charge on any atom is -0.00215 e. The molecule has 0 fully saturated rings. The fourth-order valence-corrected chi connectivity index (χ4v) is 1.21. The minimum absolute atomic E-state index is 1.03. The minimum atomic E-state index is 1.03. The smallest absolute Gasteiger partial charge is 0.00215 e. The van der Waals surface area contributed by atoms with Crippen LogP contribution in [0.15, 0.2) is 0 Å². The van der Waals surface area contributed by atoms with Crippen molar-refractivity contribution in [2.75, 3.05) is 25.9 Å². The summed E-state index contributed by atoms with van der Waals surface area (Å²) in [7, 11) is 2.18. The molecule has 0 aromatic carbocycles. The third-order valence-corrected chi connectivity index (χ3v) is 1.87. The number of hydrogen-bond donors (Lipinski definition) is 1. The van der Waals surface area contributed by atoms with E-state index >= 15 is 0 Å². The molecule has 0 amide bonds. The first-order valence-corrected chi connectivity index (χ1v) is 4.74.